The molecule has 1 amide bonds. The van der Waals surface area contributed by atoms with E-state index in [4.69, 9.17) is 0 Å². The van der Waals surface area contributed by atoms with Crippen molar-refractivity contribution in [1.82, 2.24) is 19.6 Å². The Balaban J connectivity index is 1.36. The molecule has 0 saturated carbocycles. The van der Waals surface area contributed by atoms with Crippen molar-refractivity contribution in [3.8, 4) is 5.69 Å². The fourth-order valence-electron chi connectivity index (χ4n) is 3.83. The number of likely N-dealkylation sites (N-methyl/N-ethyl adjacent to an activating group) is 1. The molecule has 6 nitrogen and oxygen atoms in total. The Morgan fingerprint density at radius 3 is 2.30 bits per heavy atom. The molecule has 4 rings (SSSR count). The molecule has 1 aliphatic heterocycles. The van der Waals surface area contributed by atoms with Gasteiger partial charge in [0.05, 0.1) is 5.69 Å². The Hall–Kier alpha value is -2.96. The summed E-state index contributed by atoms with van der Waals surface area (Å²) in [6.07, 6.45) is 0. The topological polar surface area (TPSA) is 53.4 Å². The number of rotatable bonds is 6. The fourth-order valence-corrected chi connectivity index (χ4v) is 3.83. The van der Waals surface area contributed by atoms with Gasteiger partial charge in [0.15, 0.2) is 5.69 Å². The van der Waals surface area contributed by atoms with E-state index in [1.807, 2.05) is 55.5 Å². The van der Waals surface area contributed by atoms with Gasteiger partial charge in [-0.3, -0.25) is 9.69 Å². The second-order valence-electron chi connectivity index (χ2n) is 7.78. The minimum absolute atomic E-state index is 0.198. The highest BCUT2D eigenvalue weighted by Gasteiger charge is 2.16. The molecule has 0 spiro atoms. The Morgan fingerprint density at radius 1 is 0.967 bits per heavy atom. The van der Waals surface area contributed by atoms with E-state index < -0.39 is 0 Å². The van der Waals surface area contributed by atoms with Crippen molar-refractivity contribution in [3.63, 3.8) is 0 Å². The maximum atomic E-state index is 12.7. The molecule has 0 radical (unpaired) electrons. The van der Waals surface area contributed by atoms with E-state index in [0.29, 0.717) is 5.69 Å². The summed E-state index contributed by atoms with van der Waals surface area (Å²) < 4.78 is 1.79. The number of carbonyl (C=O) groups is 1. The molecular formula is C24H29N5O. The monoisotopic (exact) mass is 403 g/mol. The number of carbonyl (C=O) groups excluding carboxylic acids is 1. The van der Waals surface area contributed by atoms with Crippen LogP contribution in [0.5, 0.6) is 0 Å². The summed E-state index contributed by atoms with van der Waals surface area (Å²) in [7, 11) is 0. The van der Waals surface area contributed by atoms with E-state index >= 15 is 0 Å². The van der Waals surface area contributed by atoms with Crippen LogP contribution in [0.25, 0.3) is 5.69 Å². The Bertz CT molecular complexity index is 973. The van der Waals surface area contributed by atoms with Crippen LogP contribution in [-0.4, -0.2) is 58.2 Å². The first kappa shape index (κ1) is 20.3. The van der Waals surface area contributed by atoms with Crippen molar-refractivity contribution < 1.29 is 4.79 Å². The average molecular weight is 404 g/mol. The first-order chi connectivity index (χ1) is 14.6. The van der Waals surface area contributed by atoms with Crippen molar-refractivity contribution in [3.05, 3.63) is 77.6 Å². The van der Waals surface area contributed by atoms with Crippen LogP contribution in [-0.2, 0) is 6.54 Å². The van der Waals surface area contributed by atoms with Crippen molar-refractivity contribution >= 4 is 11.6 Å². The SMILES string of the molecule is CCN1CCN(Cc2ccc(NC(=O)c3cc(C)n(-c4ccccc4)n3)cc2)CC1. The summed E-state index contributed by atoms with van der Waals surface area (Å²) in [5, 5.41) is 7.44. The Labute approximate surface area is 178 Å². The molecule has 1 fully saturated rings. The zero-order chi connectivity index (χ0) is 20.9. The number of nitrogens with zero attached hydrogens (tertiary/aromatic N) is 4. The highest BCUT2D eigenvalue weighted by molar-refractivity contribution is 6.02. The summed E-state index contributed by atoms with van der Waals surface area (Å²) in [5.41, 5.74) is 4.32. The first-order valence-electron chi connectivity index (χ1n) is 10.6. The predicted octanol–water partition coefficient (Wildman–Crippen LogP) is 3.57. The zero-order valence-corrected chi connectivity index (χ0v) is 17.7. The van der Waals surface area contributed by atoms with Crippen LogP contribution in [0, 0.1) is 6.92 Å². The van der Waals surface area contributed by atoms with E-state index in [-0.39, 0.29) is 5.91 Å². The van der Waals surface area contributed by atoms with Crippen LogP contribution in [0.15, 0.2) is 60.7 Å². The fraction of sp³-hybridized carbons (Fsp3) is 0.333. The molecule has 0 aliphatic carbocycles. The van der Waals surface area contributed by atoms with Crippen LogP contribution in [0.2, 0.25) is 0 Å². The molecule has 3 aromatic rings. The minimum Gasteiger partial charge on any atom is -0.321 e. The molecule has 2 heterocycles. The molecule has 1 aliphatic rings. The van der Waals surface area contributed by atoms with E-state index in [0.717, 1.165) is 56.3 Å². The van der Waals surface area contributed by atoms with Crippen LogP contribution < -0.4 is 5.32 Å². The van der Waals surface area contributed by atoms with E-state index in [1.165, 1.54) is 5.56 Å². The molecule has 1 N–H and O–H groups in total. The minimum atomic E-state index is -0.198. The molecule has 0 atom stereocenters. The number of hydrogen-bond donors (Lipinski definition) is 1. The molecule has 1 aromatic heterocycles. The van der Waals surface area contributed by atoms with Crippen molar-refractivity contribution in [2.75, 3.05) is 38.0 Å². The van der Waals surface area contributed by atoms with Gasteiger partial charge in [-0.15, -0.1) is 0 Å². The maximum absolute atomic E-state index is 12.7. The summed E-state index contributed by atoms with van der Waals surface area (Å²) in [6, 6.07) is 19.8. The normalized spacial score (nSPS) is 15.3. The first-order valence-corrected chi connectivity index (χ1v) is 10.6. The van der Waals surface area contributed by atoms with Crippen LogP contribution in [0.4, 0.5) is 5.69 Å². The third-order valence-corrected chi connectivity index (χ3v) is 5.65. The summed E-state index contributed by atoms with van der Waals surface area (Å²) in [6.45, 7) is 10.7. The lowest BCUT2D eigenvalue weighted by Crippen LogP contribution is -2.45. The molecular weight excluding hydrogens is 374 g/mol. The number of hydrogen-bond acceptors (Lipinski definition) is 4. The largest absolute Gasteiger partial charge is 0.321 e. The summed E-state index contributed by atoms with van der Waals surface area (Å²) in [5.74, 6) is -0.198. The van der Waals surface area contributed by atoms with Crippen LogP contribution >= 0.6 is 0 Å². The van der Waals surface area contributed by atoms with Gasteiger partial charge >= 0.3 is 0 Å². The number of aryl methyl sites for hydroxylation is 1. The molecule has 30 heavy (non-hydrogen) atoms. The Morgan fingerprint density at radius 2 is 1.63 bits per heavy atom. The number of piperazine rings is 1. The van der Waals surface area contributed by atoms with E-state index in [9.17, 15) is 4.79 Å². The average Bonchev–Trinajstić information content (AvgIpc) is 3.18. The number of aromatic nitrogens is 2. The number of benzene rings is 2. The van der Waals surface area contributed by atoms with E-state index in [1.54, 1.807) is 4.68 Å². The smallest absolute Gasteiger partial charge is 0.276 e. The summed E-state index contributed by atoms with van der Waals surface area (Å²) in [4.78, 5) is 17.6. The van der Waals surface area contributed by atoms with Crippen LogP contribution in [0.1, 0.15) is 28.7 Å². The third-order valence-electron chi connectivity index (χ3n) is 5.65. The quantitative estimate of drug-likeness (QED) is 0.684. The molecule has 2 aromatic carbocycles. The highest BCUT2D eigenvalue weighted by atomic mass is 16.1. The maximum Gasteiger partial charge on any atom is 0.276 e. The number of anilines is 1. The van der Waals surface area contributed by atoms with Gasteiger partial charge in [0, 0.05) is 44.1 Å². The molecule has 156 valence electrons. The second kappa shape index (κ2) is 9.24. The van der Waals surface area contributed by atoms with Crippen molar-refractivity contribution in [2.45, 2.75) is 20.4 Å². The van der Waals surface area contributed by atoms with E-state index in [2.05, 4.69) is 39.3 Å². The third kappa shape index (κ3) is 4.78. The molecule has 6 heteroatoms. The van der Waals surface area contributed by atoms with Crippen LogP contribution in [0.3, 0.4) is 0 Å². The van der Waals surface area contributed by atoms with Gasteiger partial charge in [-0.1, -0.05) is 37.3 Å². The summed E-state index contributed by atoms with van der Waals surface area (Å²) >= 11 is 0. The lowest BCUT2D eigenvalue weighted by molar-refractivity contribution is 0.102. The van der Waals surface area contributed by atoms with Gasteiger partial charge < -0.3 is 10.2 Å². The lowest BCUT2D eigenvalue weighted by Gasteiger charge is -2.34. The standard InChI is InChI=1S/C24H29N5O/c1-3-27-13-15-28(16-14-27)18-20-9-11-21(12-10-20)25-24(30)23-17-19(2)29(26-23)22-7-5-4-6-8-22/h4-12,17H,3,13-16,18H2,1-2H3,(H,25,30). The van der Waals surface area contributed by atoms with Crippen molar-refractivity contribution in [2.24, 2.45) is 0 Å². The lowest BCUT2D eigenvalue weighted by atomic mass is 10.1. The zero-order valence-electron chi connectivity index (χ0n) is 17.7. The molecule has 0 unspecified atom stereocenters. The van der Waals surface area contributed by atoms with Gasteiger partial charge in [0.2, 0.25) is 0 Å². The van der Waals surface area contributed by atoms with Gasteiger partial charge in [-0.25, -0.2) is 4.68 Å². The van der Waals surface area contributed by atoms with Gasteiger partial charge in [0.25, 0.3) is 5.91 Å². The Kier molecular flexibility index (Phi) is 6.26. The van der Waals surface area contributed by atoms with Gasteiger partial charge in [-0.05, 0) is 49.4 Å². The number of para-hydroxylation sites is 1. The number of nitrogens with one attached hydrogen (secondary N) is 1. The second-order valence-corrected chi connectivity index (χ2v) is 7.78. The van der Waals surface area contributed by atoms with Crippen molar-refractivity contribution in [1.29, 1.82) is 0 Å². The number of amides is 1. The predicted molar refractivity (Wildman–Crippen MR) is 120 cm³/mol. The highest BCUT2D eigenvalue weighted by Crippen LogP contribution is 2.16. The molecule has 1 saturated heterocycles. The molecule has 0 bridgehead atoms. The van der Waals surface area contributed by atoms with Gasteiger partial charge in [0.1, 0.15) is 0 Å². The van der Waals surface area contributed by atoms with Gasteiger partial charge in [-0.2, -0.15) is 5.10 Å².